The maximum atomic E-state index is 15.1. The largest absolute Gasteiger partial charge is 0.335 e. The number of benzene rings is 1. The highest BCUT2D eigenvalue weighted by Gasteiger charge is 2.19. The first-order valence-electron chi connectivity index (χ1n) is 10.8. The highest BCUT2D eigenvalue weighted by molar-refractivity contribution is 7.14. The predicted octanol–water partition coefficient (Wildman–Crippen LogP) is 5.63. The number of hydrogen-bond acceptors (Lipinski definition) is 6. The van der Waals surface area contributed by atoms with Crippen LogP contribution < -0.4 is 0 Å². The normalized spacial score (nSPS) is 11.8. The Labute approximate surface area is 202 Å². The first kappa shape index (κ1) is 21.5. The second-order valence-corrected chi connectivity index (χ2v) is 9.55. The molecule has 35 heavy (non-hydrogen) atoms. The second kappa shape index (κ2) is 8.33. The third-order valence-corrected chi connectivity index (χ3v) is 6.62. The zero-order valence-electron chi connectivity index (χ0n) is 18.8. The molecule has 6 rings (SSSR count). The maximum absolute atomic E-state index is 15.1. The van der Waals surface area contributed by atoms with Crippen molar-refractivity contribution in [2.24, 2.45) is 0 Å². The third-order valence-electron chi connectivity index (χ3n) is 5.71. The fourth-order valence-electron chi connectivity index (χ4n) is 4.21. The van der Waals surface area contributed by atoms with Crippen molar-refractivity contribution in [1.82, 2.24) is 35.0 Å². The lowest BCUT2D eigenvalue weighted by atomic mass is 10.0. The van der Waals surface area contributed by atoms with E-state index in [1.807, 2.05) is 31.1 Å². The Morgan fingerprint density at radius 3 is 2.71 bits per heavy atom. The van der Waals surface area contributed by atoms with Crippen LogP contribution in [0.3, 0.4) is 0 Å². The predicted molar refractivity (Wildman–Crippen MR) is 133 cm³/mol. The molecule has 0 spiro atoms. The van der Waals surface area contributed by atoms with Crippen molar-refractivity contribution in [2.45, 2.75) is 6.54 Å². The minimum atomic E-state index is -0.371. The van der Waals surface area contributed by atoms with E-state index in [-0.39, 0.29) is 10.9 Å². The lowest BCUT2D eigenvalue weighted by molar-refractivity contribution is 0.402. The lowest BCUT2D eigenvalue weighted by Crippen LogP contribution is -2.10. The van der Waals surface area contributed by atoms with Gasteiger partial charge in [-0.2, -0.15) is 9.49 Å². The summed E-state index contributed by atoms with van der Waals surface area (Å²) < 4.78 is 28.7. The number of aromatic amines is 2. The van der Waals surface area contributed by atoms with Gasteiger partial charge in [-0.25, -0.2) is 14.4 Å². The number of pyridine rings is 2. The average molecular weight is 488 g/mol. The van der Waals surface area contributed by atoms with Gasteiger partial charge in [0.1, 0.15) is 11.5 Å². The molecule has 0 amide bonds. The van der Waals surface area contributed by atoms with E-state index < -0.39 is 0 Å². The molecule has 0 radical (unpaired) electrons. The Morgan fingerprint density at radius 1 is 1.03 bits per heavy atom. The van der Waals surface area contributed by atoms with E-state index in [4.69, 9.17) is 0 Å². The van der Waals surface area contributed by atoms with Gasteiger partial charge in [0.2, 0.25) is 0 Å². The highest BCUT2D eigenvalue weighted by atomic mass is 32.1. The van der Waals surface area contributed by atoms with Crippen LogP contribution in [0.5, 0.6) is 0 Å². The molecule has 10 heteroatoms. The number of halogens is 2. The zero-order valence-corrected chi connectivity index (χ0v) is 19.6. The number of fused-ring (bicyclic) bond motifs is 2. The van der Waals surface area contributed by atoms with E-state index in [1.54, 1.807) is 30.7 Å². The molecule has 2 N–H and O–H groups in total. The summed E-state index contributed by atoms with van der Waals surface area (Å²) in [6.45, 7) is 0.699. The van der Waals surface area contributed by atoms with Gasteiger partial charge in [0.05, 0.1) is 11.0 Å². The Balaban J connectivity index is 1.48. The fraction of sp³-hybridized carbons (Fsp3) is 0.120. The summed E-state index contributed by atoms with van der Waals surface area (Å²) in [6, 6.07) is 10.1. The van der Waals surface area contributed by atoms with Gasteiger partial charge in [-0.1, -0.05) is 0 Å². The summed E-state index contributed by atoms with van der Waals surface area (Å²) in [5, 5.41) is 7.75. The summed E-state index contributed by atoms with van der Waals surface area (Å²) in [5.74, 6) is 0.116. The van der Waals surface area contributed by atoms with Gasteiger partial charge in [-0.3, -0.25) is 10.1 Å². The molecule has 174 valence electrons. The number of rotatable bonds is 5. The molecule has 5 heterocycles. The van der Waals surface area contributed by atoms with Crippen LogP contribution in [0.1, 0.15) is 5.56 Å². The fourth-order valence-corrected chi connectivity index (χ4v) is 4.98. The molecule has 1 aromatic carbocycles. The summed E-state index contributed by atoms with van der Waals surface area (Å²) in [5.41, 5.74) is 5.17. The van der Waals surface area contributed by atoms with E-state index in [1.165, 1.54) is 12.1 Å². The summed E-state index contributed by atoms with van der Waals surface area (Å²) in [4.78, 5) is 19.4. The minimum Gasteiger partial charge on any atom is -0.335 e. The maximum Gasteiger partial charge on any atom is 0.178 e. The van der Waals surface area contributed by atoms with Gasteiger partial charge in [0.25, 0.3) is 0 Å². The Kier molecular flexibility index (Phi) is 5.12. The van der Waals surface area contributed by atoms with Crippen LogP contribution in [0.4, 0.5) is 8.78 Å². The monoisotopic (exact) mass is 487 g/mol. The van der Waals surface area contributed by atoms with Crippen LogP contribution >= 0.6 is 11.3 Å². The number of H-pyrrole nitrogens is 2. The van der Waals surface area contributed by atoms with Gasteiger partial charge < -0.3 is 9.88 Å². The molecule has 0 aliphatic heterocycles. The molecule has 0 unspecified atom stereocenters. The Bertz CT molecular complexity index is 1700. The van der Waals surface area contributed by atoms with Gasteiger partial charge in [0, 0.05) is 58.2 Å². The topological polar surface area (TPSA) is 86.4 Å². The van der Waals surface area contributed by atoms with E-state index in [2.05, 4.69) is 30.1 Å². The first-order chi connectivity index (χ1) is 17.0. The van der Waals surface area contributed by atoms with E-state index in [9.17, 15) is 4.39 Å². The van der Waals surface area contributed by atoms with Crippen molar-refractivity contribution in [3.8, 4) is 33.1 Å². The molecule has 5 aromatic heterocycles. The molecule has 0 atom stereocenters. The average Bonchev–Trinajstić information content (AvgIpc) is 3.55. The number of thiophene rings is 1. The molecule has 7 nitrogen and oxygen atoms in total. The Morgan fingerprint density at radius 2 is 1.91 bits per heavy atom. The molecule has 0 aliphatic carbocycles. The van der Waals surface area contributed by atoms with Gasteiger partial charge in [0.15, 0.2) is 16.6 Å². The molecule has 0 aliphatic rings. The number of hydrogen-bond donors (Lipinski definition) is 2. The van der Waals surface area contributed by atoms with Crippen molar-refractivity contribution < 1.29 is 8.78 Å². The highest BCUT2D eigenvalue weighted by Crippen LogP contribution is 2.35. The van der Waals surface area contributed by atoms with Crippen molar-refractivity contribution in [3.63, 3.8) is 0 Å². The number of nitrogens with zero attached hydrogens (tertiary/aromatic N) is 5. The van der Waals surface area contributed by atoms with Crippen LogP contribution in [-0.4, -0.2) is 49.1 Å². The summed E-state index contributed by atoms with van der Waals surface area (Å²) in [7, 11) is 3.94. The molecular weight excluding hydrogens is 468 g/mol. The lowest BCUT2D eigenvalue weighted by Gasteiger charge is -2.11. The van der Waals surface area contributed by atoms with Crippen LogP contribution in [0, 0.1) is 10.9 Å². The third kappa shape index (κ3) is 3.86. The van der Waals surface area contributed by atoms with E-state index >= 15 is 4.39 Å². The van der Waals surface area contributed by atoms with Crippen LogP contribution in [0.2, 0.25) is 0 Å². The first-order valence-corrected chi connectivity index (χ1v) is 11.7. The quantitative estimate of drug-likeness (QED) is 0.329. The number of aromatic nitrogens is 6. The number of nitrogens with one attached hydrogen (secondary N) is 2. The van der Waals surface area contributed by atoms with Gasteiger partial charge in [-0.15, -0.1) is 11.3 Å². The SMILES string of the molecule is CN(C)Cc1cncc(-c2cc3c(-c4nc5nccc(-c6ccc(F)s6)c5[nH]4)n[nH]c3cc2F)c1. The molecular formula is C25H19F2N7S. The molecule has 0 saturated heterocycles. The second-order valence-electron chi connectivity index (χ2n) is 8.52. The van der Waals surface area contributed by atoms with Crippen molar-refractivity contribution in [1.29, 1.82) is 0 Å². The van der Waals surface area contributed by atoms with Crippen LogP contribution in [0.15, 0.2) is 55.0 Å². The smallest absolute Gasteiger partial charge is 0.178 e. The standard InChI is InChI=1S/C25H19F2N7S/c1-34(2)12-13-7-14(11-28-10-13)16-8-17-19(9-18(16)26)32-33-23(17)25-30-22-15(5-6-29-24(22)31-25)20-3-4-21(27)35-20/h3-11H,12H2,1-2H3,(H,32,33)(H,29,30,31). The van der Waals surface area contributed by atoms with E-state index in [0.717, 1.165) is 27.3 Å². The Hall–Kier alpha value is -4.02. The summed E-state index contributed by atoms with van der Waals surface area (Å²) in [6.07, 6.45) is 5.08. The summed E-state index contributed by atoms with van der Waals surface area (Å²) >= 11 is 1.06. The van der Waals surface area contributed by atoms with Crippen molar-refractivity contribution in [2.75, 3.05) is 14.1 Å². The molecule has 6 aromatic rings. The minimum absolute atomic E-state index is 0.262. The molecule has 0 bridgehead atoms. The van der Waals surface area contributed by atoms with Crippen LogP contribution in [-0.2, 0) is 6.54 Å². The van der Waals surface area contributed by atoms with Gasteiger partial charge in [-0.05, 0) is 50.0 Å². The number of imidazole rings is 1. The molecule has 0 fully saturated rings. The van der Waals surface area contributed by atoms with Crippen molar-refractivity contribution >= 4 is 33.4 Å². The van der Waals surface area contributed by atoms with Gasteiger partial charge >= 0.3 is 0 Å². The van der Waals surface area contributed by atoms with E-state index in [0.29, 0.717) is 51.3 Å². The van der Waals surface area contributed by atoms with Crippen LogP contribution in [0.25, 0.3) is 55.2 Å². The molecule has 0 saturated carbocycles. The van der Waals surface area contributed by atoms with Crippen molar-refractivity contribution in [3.05, 3.63) is 71.5 Å². The zero-order chi connectivity index (χ0) is 24.1.